The highest BCUT2D eigenvalue weighted by Gasteiger charge is 2.07. The van der Waals surface area contributed by atoms with Gasteiger partial charge in [0.05, 0.1) is 18.7 Å². The molecule has 0 saturated carbocycles. The number of methoxy groups -OCH3 is 1. The molecule has 4 heteroatoms. The molecule has 0 fully saturated rings. The number of rotatable bonds is 1. The van der Waals surface area contributed by atoms with Crippen LogP contribution >= 0.6 is 11.6 Å². The van der Waals surface area contributed by atoms with Gasteiger partial charge in [-0.3, -0.25) is 0 Å². The molecule has 0 atom stereocenters. The van der Waals surface area contributed by atoms with E-state index in [1.807, 2.05) is 0 Å². The van der Waals surface area contributed by atoms with Crippen molar-refractivity contribution >= 4 is 17.3 Å². The van der Waals surface area contributed by atoms with Crippen LogP contribution in [0.5, 0.6) is 5.88 Å². The minimum Gasteiger partial charge on any atom is -0.490 e. The van der Waals surface area contributed by atoms with Gasteiger partial charge in [-0.1, -0.05) is 11.6 Å². The molecule has 0 N–H and O–H groups in total. The van der Waals surface area contributed by atoms with Crippen molar-refractivity contribution in [3.8, 4) is 5.88 Å². The molecule has 0 saturated heterocycles. The molecule has 0 aliphatic rings. The van der Waals surface area contributed by atoms with E-state index in [4.69, 9.17) is 22.9 Å². The first kappa shape index (κ1) is 7.83. The maximum absolute atomic E-state index is 6.75. The zero-order valence-corrected chi connectivity index (χ0v) is 6.59. The summed E-state index contributed by atoms with van der Waals surface area (Å²) < 4.78 is 4.81. The Morgan fingerprint density at radius 3 is 2.91 bits per heavy atom. The Hall–Kier alpha value is -1.27. The maximum Gasteiger partial charge on any atom is 0.265 e. The summed E-state index contributed by atoms with van der Waals surface area (Å²) in [7, 11) is 1.45. The summed E-state index contributed by atoms with van der Waals surface area (Å²) in [5, 5.41) is 0.367. The van der Waals surface area contributed by atoms with Crippen LogP contribution in [0, 0.1) is 6.57 Å². The van der Waals surface area contributed by atoms with Crippen molar-refractivity contribution in [1.82, 2.24) is 4.98 Å². The zero-order chi connectivity index (χ0) is 8.27. The van der Waals surface area contributed by atoms with Gasteiger partial charge in [-0.05, 0) is 6.07 Å². The van der Waals surface area contributed by atoms with Gasteiger partial charge in [-0.25, -0.2) is 9.83 Å². The predicted molar refractivity (Wildman–Crippen MR) is 42.1 cm³/mol. The number of halogens is 1. The van der Waals surface area contributed by atoms with Gasteiger partial charge in [0.1, 0.15) is 0 Å². The highest BCUT2D eigenvalue weighted by Crippen LogP contribution is 2.32. The van der Waals surface area contributed by atoms with E-state index in [9.17, 15) is 0 Å². The summed E-state index contributed by atoms with van der Waals surface area (Å²) in [6.45, 7) is 6.75. The Morgan fingerprint density at radius 1 is 1.73 bits per heavy atom. The van der Waals surface area contributed by atoms with Crippen LogP contribution in [0.3, 0.4) is 0 Å². The van der Waals surface area contributed by atoms with E-state index in [0.29, 0.717) is 5.02 Å². The molecule has 1 rings (SSSR count). The number of hydrogen-bond donors (Lipinski definition) is 0. The van der Waals surface area contributed by atoms with Crippen molar-refractivity contribution in [3.05, 3.63) is 28.7 Å². The minimum absolute atomic E-state index is 0.261. The monoisotopic (exact) mass is 168 g/mol. The van der Waals surface area contributed by atoms with E-state index in [1.54, 1.807) is 6.07 Å². The quantitative estimate of drug-likeness (QED) is 0.602. The molecular formula is C7H5ClN2O. The SMILES string of the molecule is [C-]#[N+]c1c(Cl)ccnc1OC. The normalized spacial score (nSPS) is 8.82. The van der Waals surface area contributed by atoms with Crippen LogP contribution in [0.2, 0.25) is 5.02 Å². The van der Waals surface area contributed by atoms with E-state index >= 15 is 0 Å². The van der Waals surface area contributed by atoms with Crippen molar-refractivity contribution < 1.29 is 4.74 Å². The second kappa shape index (κ2) is 3.22. The summed E-state index contributed by atoms with van der Waals surface area (Å²) in [6.07, 6.45) is 1.50. The van der Waals surface area contributed by atoms with Crippen molar-refractivity contribution in [3.63, 3.8) is 0 Å². The van der Waals surface area contributed by atoms with E-state index in [2.05, 4.69) is 9.83 Å². The summed E-state index contributed by atoms with van der Waals surface area (Å²) >= 11 is 5.67. The molecule has 0 amide bonds. The predicted octanol–water partition coefficient (Wildman–Crippen LogP) is 2.29. The Bertz CT molecular complexity index is 306. The molecule has 56 valence electrons. The number of nitrogens with zero attached hydrogens (tertiary/aromatic N) is 2. The van der Waals surface area contributed by atoms with Crippen molar-refractivity contribution in [2.45, 2.75) is 0 Å². The molecule has 1 heterocycles. The smallest absolute Gasteiger partial charge is 0.265 e. The van der Waals surface area contributed by atoms with Crippen molar-refractivity contribution in [2.75, 3.05) is 7.11 Å². The lowest BCUT2D eigenvalue weighted by Gasteiger charge is -2.00. The minimum atomic E-state index is 0.261. The zero-order valence-electron chi connectivity index (χ0n) is 5.84. The summed E-state index contributed by atoms with van der Waals surface area (Å²) in [4.78, 5) is 6.98. The molecule has 11 heavy (non-hydrogen) atoms. The summed E-state index contributed by atoms with van der Waals surface area (Å²) in [5.41, 5.74) is 0.261. The molecule has 0 spiro atoms. The van der Waals surface area contributed by atoms with Crippen molar-refractivity contribution in [2.24, 2.45) is 0 Å². The molecule has 0 radical (unpaired) electrons. The Kier molecular flexibility index (Phi) is 2.29. The lowest BCUT2D eigenvalue weighted by molar-refractivity contribution is 0.401. The van der Waals surface area contributed by atoms with E-state index in [-0.39, 0.29) is 11.6 Å². The van der Waals surface area contributed by atoms with Gasteiger partial charge in [0.2, 0.25) is 5.88 Å². The fourth-order valence-corrected chi connectivity index (χ4v) is 0.843. The highest BCUT2D eigenvalue weighted by atomic mass is 35.5. The van der Waals surface area contributed by atoms with Crippen LogP contribution in [0.25, 0.3) is 4.85 Å². The fraction of sp³-hybridized carbons (Fsp3) is 0.143. The Labute approximate surface area is 69.4 Å². The third-order valence-electron chi connectivity index (χ3n) is 1.15. The molecule has 3 nitrogen and oxygen atoms in total. The number of pyridine rings is 1. The molecule has 1 aromatic heterocycles. The molecule has 0 bridgehead atoms. The van der Waals surface area contributed by atoms with Crippen LogP contribution in [-0.2, 0) is 0 Å². The molecule has 0 aromatic carbocycles. The van der Waals surface area contributed by atoms with Gasteiger partial charge in [0, 0.05) is 6.20 Å². The lowest BCUT2D eigenvalue weighted by Crippen LogP contribution is -1.86. The fourth-order valence-electron chi connectivity index (χ4n) is 0.663. The van der Waals surface area contributed by atoms with Crippen LogP contribution in [0.1, 0.15) is 0 Å². The maximum atomic E-state index is 6.75. The van der Waals surface area contributed by atoms with Crippen LogP contribution in [0.15, 0.2) is 12.3 Å². The Balaban J connectivity index is 3.27. The number of aromatic nitrogens is 1. The highest BCUT2D eigenvalue weighted by molar-refractivity contribution is 6.33. The van der Waals surface area contributed by atoms with Gasteiger partial charge in [-0.15, -0.1) is 0 Å². The third kappa shape index (κ3) is 1.41. The van der Waals surface area contributed by atoms with E-state index in [0.717, 1.165) is 0 Å². The average Bonchev–Trinajstić information content (AvgIpc) is 2.04. The second-order valence-corrected chi connectivity index (χ2v) is 2.17. The summed E-state index contributed by atoms with van der Waals surface area (Å²) in [6, 6.07) is 1.55. The van der Waals surface area contributed by atoms with Crippen molar-refractivity contribution in [1.29, 1.82) is 0 Å². The number of hydrogen-bond acceptors (Lipinski definition) is 2. The first-order valence-corrected chi connectivity index (χ1v) is 3.23. The molecule has 0 aliphatic carbocycles. The van der Waals surface area contributed by atoms with Gasteiger partial charge < -0.3 is 4.74 Å². The molecule has 0 aliphatic heterocycles. The Morgan fingerprint density at radius 2 is 2.45 bits per heavy atom. The largest absolute Gasteiger partial charge is 0.490 e. The molecular weight excluding hydrogens is 164 g/mol. The standard InChI is InChI=1S/C7H5ClN2O/c1-9-6-5(8)3-4-10-7(6)11-2/h3-4H,2H3. The van der Waals surface area contributed by atoms with Gasteiger partial charge in [0.25, 0.3) is 5.69 Å². The third-order valence-corrected chi connectivity index (χ3v) is 1.45. The first-order valence-electron chi connectivity index (χ1n) is 2.85. The van der Waals surface area contributed by atoms with Gasteiger partial charge in [-0.2, -0.15) is 0 Å². The van der Waals surface area contributed by atoms with Gasteiger partial charge >= 0.3 is 0 Å². The molecule has 1 aromatic rings. The lowest BCUT2D eigenvalue weighted by atomic mass is 10.4. The second-order valence-electron chi connectivity index (χ2n) is 1.76. The molecule has 0 unspecified atom stereocenters. The van der Waals surface area contributed by atoms with E-state index in [1.165, 1.54) is 13.3 Å². The van der Waals surface area contributed by atoms with Crippen LogP contribution in [0.4, 0.5) is 5.69 Å². The van der Waals surface area contributed by atoms with Crippen LogP contribution < -0.4 is 4.74 Å². The van der Waals surface area contributed by atoms with Gasteiger partial charge in [0.15, 0.2) is 0 Å². The average molecular weight is 169 g/mol. The van der Waals surface area contributed by atoms with Crippen LogP contribution in [-0.4, -0.2) is 12.1 Å². The topological polar surface area (TPSA) is 26.5 Å². The first-order chi connectivity index (χ1) is 5.29. The van der Waals surface area contributed by atoms with E-state index < -0.39 is 0 Å². The summed E-state index contributed by atoms with van der Waals surface area (Å²) in [5.74, 6) is 0.271. The number of ether oxygens (including phenoxy) is 1.